The Morgan fingerprint density at radius 1 is 1.04 bits per heavy atom. The molecule has 0 spiro atoms. The summed E-state index contributed by atoms with van der Waals surface area (Å²) >= 11 is 0. The summed E-state index contributed by atoms with van der Waals surface area (Å²) in [7, 11) is 2.79. The van der Waals surface area contributed by atoms with Crippen molar-refractivity contribution in [1.29, 1.82) is 0 Å². The van der Waals surface area contributed by atoms with E-state index in [1.54, 1.807) is 51.7 Å². The van der Waals surface area contributed by atoms with Crippen molar-refractivity contribution in [1.82, 2.24) is 20.4 Å². The van der Waals surface area contributed by atoms with Crippen molar-refractivity contribution in [3.05, 3.63) is 35.9 Å². The summed E-state index contributed by atoms with van der Waals surface area (Å²) < 4.78 is 22.9. The number of hydrogen-bond acceptors (Lipinski definition) is 9. The number of likely N-dealkylation sites (tertiary alicyclic amines) is 1. The van der Waals surface area contributed by atoms with Crippen LogP contribution in [0.1, 0.15) is 113 Å². The third kappa shape index (κ3) is 17.5. The average molecular weight is 797 g/mol. The van der Waals surface area contributed by atoms with Crippen LogP contribution in [0.15, 0.2) is 30.3 Å². The van der Waals surface area contributed by atoms with Crippen LogP contribution >= 0.6 is 8.38 Å². The zero-order chi connectivity index (χ0) is 41.7. The number of rotatable bonds is 21. The average Bonchev–Trinajstić information content (AvgIpc) is 3.63. The lowest BCUT2D eigenvalue weighted by atomic mass is 9.90. The van der Waals surface area contributed by atoms with Gasteiger partial charge in [-0.2, -0.15) is 0 Å². The SMILES string of the molecule is CCC.CCCCOP(O)C(Cc1ccccc1)NC(=O)C(C)C(OC)C1CCCN1C(=O)CC(OC)C(C(C)CC)N(C)C(=O)CNC(=O)OC(C)(C)C. The molecule has 3 N–H and O–H groups in total. The first-order valence-electron chi connectivity index (χ1n) is 20.0. The van der Waals surface area contributed by atoms with Crippen LogP contribution in [-0.4, -0.2) is 115 Å². The number of alkyl carbamates (subject to hydrolysis) is 1. The smallest absolute Gasteiger partial charge is 0.408 e. The summed E-state index contributed by atoms with van der Waals surface area (Å²) in [5.41, 5.74) is 0.264. The number of methoxy groups -OCH3 is 2. The predicted molar refractivity (Wildman–Crippen MR) is 218 cm³/mol. The molecular weight excluding hydrogens is 723 g/mol. The largest absolute Gasteiger partial charge is 0.444 e. The van der Waals surface area contributed by atoms with Crippen molar-refractivity contribution >= 4 is 32.2 Å². The third-order valence-electron chi connectivity index (χ3n) is 9.66. The van der Waals surface area contributed by atoms with E-state index in [1.807, 2.05) is 51.1 Å². The van der Waals surface area contributed by atoms with Gasteiger partial charge < -0.3 is 44.1 Å². The lowest BCUT2D eigenvalue weighted by Crippen LogP contribution is -2.54. The maximum atomic E-state index is 14.1. The maximum Gasteiger partial charge on any atom is 0.408 e. The van der Waals surface area contributed by atoms with Crippen LogP contribution in [-0.2, 0) is 39.5 Å². The van der Waals surface area contributed by atoms with Crippen molar-refractivity contribution in [3.8, 4) is 0 Å². The van der Waals surface area contributed by atoms with E-state index in [0.29, 0.717) is 26.0 Å². The number of nitrogens with zero attached hydrogens (tertiary/aromatic N) is 2. The number of carbonyl (C=O) groups is 4. The van der Waals surface area contributed by atoms with E-state index >= 15 is 0 Å². The van der Waals surface area contributed by atoms with E-state index in [0.717, 1.165) is 31.2 Å². The second-order valence-electron chi connectivity index (χ2n) is 15.4. The summed E-state index contributed by atoms with van der Waals surface area (Å²) in [6.07, 6.45) is 3.60. The predicted octanol–water partition coefficient (Wildman–Crippen LogP) is 6.65. The van der Waals surface area contributed by atoms with Gasteiger partial charge in [0.15, 0.2) is 8.38 Å². The minimum absolute atomic E-state index is 0.0131. The Hall–Kier alpha value is -2.83. The highest BCUT2D eigenvalue weighted by molar-refractivity contribution is 7.47. The molecule has 0 saturated carbocycles. The van der Waals surface area contributed by atoms with Crippen LogP contribution in [0.4, 0.5) is 4.79 Å². The van der Waals surface area contributed by atoms with E-state index in [2.05, 4.69) is 24.5 Å². The maximum absolute atomic E-state index is 14.1. The van der Waals surface area contributed by atoms with Gasteiger partial charge in [-0.1, -0.05) is 91.1 Å². The molecule has 316 valence electrons. The summed E-state index contributed by atoms with van der Waals surface area (Å²) in [6, 6.07) is 8.84. The number of likely N-dealkylation sites (N-methyl/N-ethyl adjacent to an activating group) is 1. The number of hydrogen-bond donors (Lipinski definition) is 3. The van der Waals surface area contributed by atoms with Crippen LogP contribution in [0.3, 0.4) is 0 Å². The fraction of sp³-hybridized carbons (Fsp3) is 0.756. The van der Waals surface area contributed by atoms with Crippen LogP contribution in [0, 0.1) is 11.8 Å². The highest BCUT2D eigenvalue weighted by Gasteiger charge is 2.42. The molecule has 0 aromatic heterocycles. The molecule has 13 nitrogen and oxygen atoms in total. The van der Waals surface area contributed by atoms with E-state index in [-0.39, 0.29) is 42.6 Å². The van der Waals surface area contributed by atoms with Gasteiger partial charge in [-0.15, -0.1) is 0 Å². The second kappa shape index (κ2) is 26.2. The molecule has 1 heterocycles. The third-order valence-corrected chi connectivity index (χ3v) is 10.9. The number of ether oxygens (including phenoxy) is 3. The topological polar surface area (TPSA) is 156 Å². The minimum Gasteiger partial charge on any atom is -0.444 e. The van der Waals surface area contributed by atoms with E-state index in [9.17, 15) is 24.1 Å². The lowest BCUT2D eigenvalue weighted by Gasteiger charge is -2.39. The highest BCUT2D eigenvalue weighted by atomic mass is 31.2. The van der Waals surface area contributed by atoms with Gasteiger partial charge in [0, 0.05) is 34.2 Å². The molecule has 2 rings (SSSR count). The number of benzene rings is 1. The van der Waals surface area contributed by atoms with Crippen molar-refractivity contribution in [3.63, 3.8) is 0 Å². The fourth-order valence-electron chi connectivity index (χ4n) is 6.62. The van der Waals surface area contributed by atoms with Crippen LogP contribution in [0.25, 0.3) is 0 Å². The summed E-state index contributed by atoms with van der Waals surface area (Å²) in [6.45, 7) is 18.0. The first-order valence-corrected chi connectivity index (χ1v) is 21.3. The van der Waals surface area contributed by atoms with Gasteiger partial charge in [0.1, 0.15) is 17.9 Å². The van der Waals surface area contributed by atoms with Crippen molar-refractivity contribution in [2.45, 2.75) is 149 Å². The van der Waals surface area contributed by atoms with Gasteiger partial charge in [-0.05, 0) is 51.5 Å². The normalized spacial score (nSPS) is 18.1. The monoisotopic (exact) mass is 797 g/mol. The van der Waals surface area contributed by atoms with Gasteiger partial charge in [0.05, 0.1) is 43.2 Å². The molecule has 4 amide bonds. The minimum atomic E-state index is -1.94. The van der Waals surface area contributed by atoms with Gasteiger partial charge in [0.2, 0.25) is 17.7 Å². The Kier molecular flexibility index (Phi) is 23.9. The molecule has 1 aliphatic heterocycles. The number of nitrogens with one attached hydrogen (secondary N) is 2. The molecule has 8 unspecified atom stereocenters. The van der Waals surface area contributed by atoms with Gasteiger partial charge >= 0.3 is 6.09 Å². The highest BCUT2D eigenvalue weighted by Crippen LogP contribution is 2.39. The molecule has 14 heteroatoms. The number of unbranched alkanes of at least 4 members (excludes halogenated alkanes) is 1. The zero-order valence-corrected chi connectivity index (χ0v) is 36.7. The van der Waals surface area contributed by atoms with Gasteiger partial charge in [-0.3, -0.25) is 14.4 Å². The van der Waals surface area contributed by atoms with Crippen molar-refractivity contribution in [2.75, 3.05) is 41.0 Å². The molecule has 1 saturated heterocycles. The second-order valence-corrected chi connectivity index (χ2v) is 16.9. The Morgan fingerprint density at radius 3 is 2.22 bits per heavy atom. The van der Waals surface area contributed by atoms with Crippen LogP contribution in [0.2, 0.25) is 0 Å². The Bertz CT molecular complexity index is 1270. The molecule has 1 fully saturated rings. The molecule has 0 radical (unpaired) electrons. The zero-order valence-electron chi connectivity index (χ0n) is 35.8. The Labute approximate surface area is 332 Å². The molecule has 0 aliphatic carbocycles. The Balaban J connectivity index is 0.00000487. The lowest BCUT2D eigenvalue weighted by molar-refractivity contribution is -0.145. The molecule has 8 atom stereocenters. The van der Waals surface area contributed by atoms with E-state index < -0.39 is 50.0 Å². The summed E-state index contributed by atoms with van der Waals surface area (Å²) in [5, 5.41) is 5.57. The molecular formula is C41H73N4O9P. The molecule has 1 aromatic carbocycles. The first kappa shape index (κ1) is 50.2. The standard InChI is InChI=1S/C38H65N4O9P.C3H8/c1-11-13-22-50-52(47)31(23-28-18-15-14-16-19-28)40-36(45)27(4)35(49-10)29-20-17-21-42(29)32(43)24-30(48-9)34(26(3)12-2)41(8)33(44)25-39-37(46)51-38(5,6)7;1-3-2/h14-16,18-19,26-27,29-31,34-35,47H,11-13,17,20-25H2,1-10H3,(H,39,46)(H,40,45);3H2,1-2H3. The first-order chi connectivity index (χ1) is 26.0. The molecule has 1 aromatic rings. The van der Waals surface area contributed by atoms with Crippen molar-refractivity contribution < 1.29 is 42.8 Å². The summed E-state index contributed by atoms with van der Waals surface area (Å²) in [4.78, 5) is 67.7. The quantitative estimate of drug-likeness (QED) is 0.0916. The number of amides is 4. The van der Waals surface area contributed by atoms with Gasteiger partial charge in [0.25, 0.3) is 0 Å². The molecule has 1 aliphatic rings. The molecule has 55 heavy (non-hydrogen) atoms. The van der Waals surface area contributed by atoms with Crippen LogP contribution < -0.4 is 10.6 Å². The van der Waals surface area contributed by atoms with Crippen LogP contribution in [0.5, 0.6) is 0 Å². The van der Waals surface area contributed by atoms with Crippen molar-refractivity contribution in [2.24, 2.45) is 11.8 Å². The fourth-order valence-corrected chi connectivity index (χ4v) is 7.72. The molecule has 0 bridgehead atoms. The Morgan fingerprint density at radius 2 is 1.67 bits per heavy atom. The summed E-state index contributed by atoms with van der Waals surface area (Å²) in [5.74, 6) is -2.08. The van der Waals surface area contributed by atoms with E-state index in [4.69, 9.17) is 18.7 Å². The van der Waals surface area contributed by atoms with E-state index in [1.165, 1.54) is 13.5 Å². The van der Waals surface area contributed by atoms with Gasteiger partial charge in [-0.25, -0.2) is 4.79 Å². The number of carbonyl (C=O) groups excluding carboxylic acids is 4.